The highest BCUT2D eigenvalue weighted by molar-refractivity contribution is 7.91. The molecule has 5 nitrogen and oxygen atoms in total. The molecule has 2 rings (SSSR count). The van der Waals surface area contributed by atoms with Crippen molar-refractivity contribution < 1.29 is 13.6 Å². The molecular weight excluding hydrogens is 264 g/mol. The molecule has 0 atom stereocenters. The fraction of sp³-hybridized carbons (Fsp3) is 0.0769. The number of oxime groups is 1. The van der Waals surface area contributed by atoms with Crippen LogP contribution in [0.25, 0.3) is 0 Å². The van der Waals surface area contributed by atoms with Gasteiger partial charge in [-0.05, 0) is 31.2 Å². The van der Waals surface area contributed by atoms with Crippen molar-refractivity contribution >= 4 is 16.1 Å². The summed E-state index contributed by atoms with van der Waals surface area (Å²) < 4.78 is 24.7. The molecule has 1 aromatic carbocycles. The minimum Gasteiger partial charge on any atom is -0.411 e. The molecule has 19 heavy (non-hydrogen) atoms. The highest BCUT2D eigenvalue weighted by Crippen LogP contribution is 2.19. The number of rotatable bonds is 3. The SMILES string of the molecule is Cc1ccc(S(=O)(=O)c2cc(C=NO)ccn2)cc1. The molecule has 0 saturated heterocycles. The van der Waals surface area contributed by atoms with Crippen LogP contribution in [-0.4, -0.2) is 24.8 Å². The first kappa shape index (κ1) is 13.2. The zero-order valence-corrected chi connectivity index (χ0v) is 11.0. The minimum atomic E-state index is -3.65. The first-order valence-corrected chi connectivity index (χ1v) is 6.97. The third kappa shape index (κ3) is 2.79. The van der Waals surface area contributed by atoms with Gasteiger partial charge in [0.15, 0.2) is 5.03 Å². The van der Waals surface area contributed by atoms with Crippen LogP contribution < -0.4 is 0 Å². The van der Waals surface area contributed by atoms with E-state index in [4.69, 9.17) is 5.21 Å². The van der Waals surface area contributed by atoms with Crippen LogP contribution in [0.15, 0.2) is 57.7 Å². The first-order valence-electron chi connectivity index (χ1n) is 5.49. The van der Waals surface area contributed by atoms with E-state index in [0.717, 1.165) is 11.8 Å². The minimum absolute atomic E-state index is 0.0752. The van der Waals surface area contributed by atoms with Gasteiger partial charge in [0.05, 0.1) is 11.1 Å². The van der Waals surface area contributed by atoms with Crippen molar-refractivity contribution in [3.8, 4) is 0 Å². The Morgan fingerprint density at radius 1 is 1.21 bits per heavy atom. The van der Waals surface area contributed by atoms with E-state index in [2.05, 4.69) is 10.1 Å². The monoisotopic (exact) mass is 276 g/mol. The number of benzene rings is 1. The second-order valence-electron chi connectivity index (χ2n) is 3.99. The second kappa shape index (κ2) is 5.19. The second-order valence-corrected chi connectivity index (χ2v) is 5.89. The number of aryl methyl sites for hydroxylation is 1. The normalized spacial score (nSPS) is 11.8. The maximum Gasteiger partial charge on any atom is 0.223 e. The standard InChI is InChI=1S/C13H12N2O3S/c1-10-2-4-12(5-3-10)19(17,18)13-8-11(9-15-16)6-7-14-13/h2-9,16H,1H3. The molecular formula is C13H12N2O3S. The van der Waals surface area contributed by atoms with Crippen LogP contribution >= 0.6 is 0 Å². The number of sulfone groups is 1. The van der Waals surface area contributed by atoms with Gasteiger partial charge in [-0.1, -0.05) is 22.9 Å². The van der Waals surface area contributed by atoms with Crippen LogP contribution in [0.3, 0.4) is 0 Å². The molecule has 0 radical (unpaired) electrons. The third-order valence-electron chi connectivity index (χ3n) is 2.57. The largest absolute Gasteiger partial charge is 0.411 e. The highest BCUT2D eigenvalue weighted by atomic mass is 32.2. The van der Waals surface area contributed by atoms with Crippen LogP contribution in [-0.2, 0) is 9.84 Å². The first-order chi connectivity index (χ1) is 9.04. The highest BCUT2D eigenvalue weighted by Gasteiger charge is 2.19. The van der Waals surface area contributed by atoms with Gasteiger partial charge in [-0.3, -0.25) is 0 Å². The molecule has 1 aromatic heterocycles. The predicted molar refractivity (Wildman–Crippen MR) is 70.2 cm³/mol. The van der Waals surface area contributed by atoms with Gasteiger partial charge in [0, 0.05) is 11.8 Å². The summed E-state index contributed by atoms with van der Waals surface area (Å²) in [6.07, 6.45) is 2.51. The maximum atomic E-state index is 12.3. The quantitative estimate of drug-likeness (QED) is 0.528. The topological polar surface area (TPSA) is 79.6 Å². The van der Waals surface area contributed by atoms with Gasteiger partial charge in [-0.15, -0.1) is 0 Å². The Labute approximate surface area is 111 Å². The Morgan fingerprint density at radius 3 is 2.53 bits per heavy atom. The molecule has 6 heteroatoms. The lowest BCUT2D eigenvalue weighted by Gasteiger charge is -2.04. The molecule has 1 N–H and O–H groups in total. The van der Waals surface area contributed by atoms with Gasteiger partial charge in [-0.25, -0.2) is 13.4 Å². The van der Waals surface area contributed by atoms with Crippen molar-refractivity contribution in [2.75, 3.05) is 0 Å². The summed E-state index contributed by atoms with van der Waals surface area (Å²) in [4.78, 5) is 4.04. The van der Waals surface area contributed by atoms with Gasteiger partial charge < -0.3 is 5.21 Å². The van der Waals surface area contributed by atoms with Crippen molar-refractivity contribution in [1.82, 2.24) is 4.98 Å². The number of nitrogens with zero attached hydrogens (tertiary/aromatic N) is 2. The summed E-state index contributed by atoms with van der Waals surface area (Å²) in [5, 5.41) is 11.3. The van der Waals surface area contributed by atoms with Gasteiger partial charge in [-0.2, -0.15) is 0 Å². The molecule has 0 spiro atoms. The number of aromatic nitrogens is 1. The fourth-order valence-electron chi connectivity index (χ4n) is 1.56. The van der Waals surface area contributed by atoms with E-state index >= 15 is 0 Å². The molecule has 0 fully saturated rings. The Bertz CT molecular complexity index is 707. The van der Waals surface area contributed by atoms with Crippen LogP contribution in [0.2, 0.25) is 0 Å². The zero-order chi connectivity index (χ0) is 13.9. The molecule has 98 valence electrons. The van der Waals surface area contributed by atoms with Crippen molar-refractivity contribution in [1.29, 1.82) is 0 Å². The number of hydrogen-bond donors (Lipinski definition) is 1. The van der Waals surface area contributed by atoms with Crippen molar-refractivity contribution in [2.45, 2.75) is 16.8 Å². The van der Waals surface area contributed by atoms with E-state index in [-0.39, 0.29) is 9.92 Å². The Balaban J connectivity index is 2.50. The molecule has 0 saturated carbocycles. The average molecular weight is 276 g/mol. The molecule has 0 aliphatic carbocycles. The summed E-state index contributed by atoms with van der Waals surface area (Å²) in [6, 6.07) is 9.44. The van der Waals surface area contributed by atoms with Crippen LogP contribution in [0.1, 0.15) is 11.1 Å². The van der Waals surface area contributed by atoms with E-state index in [1.807, 2.05) is 6.92 Å². The Kier molecular flexibility index (Phi) is 3.62. The molecule has 0 amide bonds. The molecule has 2 aromatic rings. The number of pyridine rings is 1. The van der Waals surface area contributed by atoms with Crippen molar-refractivity contribution in [2.24, 2.45) is 5.16 Å². The molecule has 0 aliphatic heterocycles. The number of hydrogen-bond acceptors (Lipinski definition) is 5. The lowest BCUT2D eigenvalue weighted by molar-refractivity contribution is 0.322. The van der Waals surface area contributed by atoms with Crippen molar-refractivity contribution in [3.05, 3.63) is 53.7 Å². The maximum absolute atomic E-state index is 12.3. The van der Waals surface area contributed by atoms with Gasteiger partial charge >= 0.3 is 0 Å². The van der Waals surface area contributed by atoms with E-state index in [1.165, 1.54) is 12.3 Å². The Hall–Kier alpha value is -2.21. The third-order valence-corrected chi connectivity index (χ3v) is 4.24. The van der Waals surface area contributed by atoms with E-state index in [0.29, 0.717) is 5.56 Å². The summed E-state index contributed by atoms with van der Waals surface area (Å²) in [6.45, 7) is 1.88. The van der Waals surface area contributed by atoms with Crippen molar-refractivity contribution in [3.63, 3.8) is 0 Å². The molecule has 0 unspecified atom stereocenters. The lowest BCUT2D eigenvalue weighted by atomic mass is 10.2. The smallest absolute Gasteiger partial charge is 0.223 e. The fourth-order valence-corrected chi connectivity index (χ4v) is 2.78. The predicted octanol–water partition coefficient (Wildman–Crippen LogP) is 2.03. The summed E-state index contributed by atoms with van der Waals surface area (Å²) in [5.74, 6) is 0. The summed E-state index contributed by atoms with van der Waals surface area (Å²) >= 11 is 0. The Morgan fingerprint density at radius 2 is 1.89 bits per heavy atom. The van der Waals surface area contributed by atoms with E-state index < -0.39 is 9.84 Å². The van der Waals surface area contributed by atoms with Gasteiger partial charge in [0.25, 0.3) is 0 Å². The lowest BCUT2D eigenvalue weighted by Crippen LogP contribution is -2.05. The van der Waals surface area contributed by atoms with Gasteiger partial charge in [0.1, 0.15) is 0 Å². The summed E-state index contributed by atoms with van der Waals surface area (Å²) in [5.41, 5.74) is 1.44. The van der Waals surface area contributed by atoms with Crippen LogP contribution in [0.5, 0.6) is 0 Å². The van der Waals surface area contributed by atoms with Gasteiger partial charge in [0.2, 0.25) is 9.84 Å². The zero-order valence-electron chi connectivity index (χ0n) is 10.2. The van der Waals surface area contributed by atoms with Crippen LogP contribution in [0.4, 0.5) is 0 Å². The van der Waals surface area contributed by atoms with E-state index in [9.17, 15) is 8.42 Å². The molecule has 0 aliphatic rings. The summed E-state index contributed by atoms with van der Waals surface area (Å²) in [7, 11) is -3.65. The van der Waals surface area contributed by atoms with Crippen LogP contribution in [0, 0.1) is 6.92 Å². The molecule has 1 heterocycles. The average Bonchev–Trinajstić information content (AvgIpc) is 2.40. The molecule has 0 bridgehead atoms. The van der Waals surface area contributed by atoms with E-state index in [1.54, 1.807) is 30.3 Å².